The molecule has 0 bridgehead atoms. The first kappa shape index (κ1) is 12.8. The van der Waals surface area contributed by atoms with Gasteiger partial charge in [-0.15, -0.1) is 11.3 Å². The van der Waals surface area contributed by atoms with Crippen LogP contribution in [0.15, 0.2) is 6.20 Å². The molecule has 0 aromatic carbocycles. The van der Waals surface area contributed by atoms with Crippen LogP contribution in [-0.4, -0.2) is 25.0 Å². The molecule has 0 atom stereocenters. The van der Waals surface area contributed by atoms with Crippen molar-refractivity contribution in [1.82, 2.24) is 19.7 Å². The molecule has 0 fully saturated rings. The maximum absolute atomic E-state index is 5.09. The van der Waals surface area contributed by atoms with Gasteiger partial charge in [-0.3, -0.25) is 5.10 Å². The van der Waals surface area contributed by atoms with E-state index in [2.05, 4.69) is 29.0 Å². The number of nitrogens with one attached hydrogen (secondary N) is 1. The number of aromatic nitrogens is 4. The van der Waals surface area contributed by atoms with Crippen LogP contribution in [-0.2, 0) is 12.8 Å². The van der Waals surface area contributed by atoms with E-state index in [1.54, 1.807) is 11.3 Å². The Morgan fingerprint density at radius 3 is 2.94 bits per heavy atom. The summed E-state index contributed by atoms with van der Waals surface area (Å²) in [6.45, 7) is 4.38. The van der Waals surface area contributed by atoms with Crippen LogP contribution in [0.1, 0.15) is 18.9 Å². The zero-order valence-corrected chi connectivity index (χ0v) is 12.4. The van der Waals surface area contributed by atoms with Crippen molar-refractivity contribution in [2.24, 2.45) is 7.05 Å². The van der Waals surface area contributed by atoms with Crippen molar-refractivity contribution in [2.75, 3.05) is 0 Å². The van der Waals surface area contributed by atoms with Gasteiger partial charge in [-0.05, 0) is 17.5 Å². The summed E-state index contributed by atoms with van der Waals surface area (Å²) in [6, 6.07) is 0. The molecule has 2 heterocycles. The fraction of sp³-hybridized carbons (Fsp3) is 0.500. The summed E-state index contributed by atoms with van der Waals surface area (Å²) in [5, 5.41) is 8.75. The van der Waals surface area contributed by atoms with E-state index in [1.165, 1.54) is 0 Å². The summed E-state index contributed by atoms with van der Waals surface area (Å²) in [4.78, 5) is 5.47. The lowest BCUT2D eigenvalue weighted by Gasteiger charge is -2.00. The van der Waals surface area contributed by atoms with Crippen LogP contribution in [0.3, 0.4) is 0 Å². The number of hydrogen-bond donors (Lipinski definition) is 1. The SMILES string of the molecule is CC(C)SCc1ncc(-c2n[nH]c(=S)n2C)s1. The molecule has 0 saturated carbocycles. The Balaban J connectivity index is 2.18. The van der Waals surface area contributed by atoms with Gasteiger partial charge >= 0.3 is 0 Å². The number of thioether (sulfide) groups is 1. The summed E-state index contributed by atoms with van der Waals surface area (Å²) < 4.78 is 2.49. The summed E-state index contributed by atoms with van der Waals surface area (Å²) in [5.74, 6) is 1.81. The molecule has 0 aliphatic rings. The zero-order chi connectivity index (χ0) is 12.4. The molecule has 2 aromatic heterocycles. The molecule has 0 aliphatic carbocycles. The van der Waals surface area contributed by atoms with Crippen LogP contribution in [0.2, 0.25) is 0 Å². The van der Waals surface area contributed by atoms with Crippen LogP contribution in [0.5, 0.6) is 0 Å². The predicted molar refractivity (Wildman–Crippen MR) is 75.9 cm³/mol. The third kappa shape index (κ3) is 2.97. The molecule has 92 valence electrons. The molecule has 7 heteroatoms. The lowest BCUT2D eigenvalue weighted by Crippen LogP contribution is -1.90. The van der Waals surface area contributed by atoms with Gasteiger partial charge in [0, 0.05) is 19.0 Å². The van der Waals surface area contributed by atoms with E-state index in [4.69, 9.17) is 12.2 Å². The Bertz CT molecular complexity index is 552. The molecule has 0 aliphatic heterocycles. The van der Waals surface area contributed by atoms with Gasteiger partial charge in [0.2, 0.25) is 0 Å². The predicted octanol–water partition coefficient (Wildman–Crippen LogP) is 3.24. The Labute approximate surface area is 113 Å². The lowest BCUT2D eigenvalue weighted by molar-refractivity contribution is 0.903. The third-order valence-electron chi connectivity index (χ3n) is 2.19. The molecule has 17 heavy (non-hydrogen) atoms. The van der Waals surface area contributed by atoms with E-state index in [-0.39, 0.29) is 0 Å². The minimum atomic E-state index is 0.628. The number of rotatable bonds is 4. The number of aromatic amines is 1. The van der Waals surface area contributed by atoms with E-state index in [0.29, 0.717) is 10.0 Å². The summed E-state index contributed by atoms with van der Waals surface area (Å²) in [7, 11) is 1.91. The molecule has 0 amide bonds. The topological polar surface area (TPSA) is 46.5 Å². The third-order valence-corrected chi connectivity index (χ3v) is 4.84. The number of nitrogens with zero attached hydrogens (tertiary/aromatic N) is 3. The van der Waals surface area contributed by atoms with Crippen molar-refractivity contribution in [3.05, 3.63) is 16.0 Å². The van der Waals surface area contributed by atoms with Crippen molar-refractivity contribution in [3.63, 3.8) is 0 Å². The lowest BCUT2D eigenvalue weighted by atomic mass is 10.5. The minimum absolute atomic E-state index is 0.628. The van der Waals surface area contributed by atoms with E-state index < -0.39 is 0 Å². The normalized spacial score (nSPS) is 11.3. The van der Waals surface area contributed by atoms with E-state index >= 15 is 0 Å². The molecular formula is C10H14N4S3. The molecule has 0 unspecified atom stereocenters. The largest absolute Gasteiger partial charge is 0.303 e. The van der Waals surface area contributed by atoms with Crippen molar-refractivity contribution >= 4 is 35.3 Å². The Morgan fingerprint density at radius 1 is 1.59 bits per heavy atom. The highest BCUT2D eigenvalue weighted by Crippen LogP contribution is 2.27. The second kappa shape index (κ2) is 5.32. The maximum atomic E-state index is 5.09. The monoisotopic (exact) mass is 286 g/mol. The average molecular weight is 286 g/mol. The van der Waals surface area contributed by atoms with Crippen LogP contribution >= 0.6 is 35.3 Å². The van der Waals surface area contributed by atoms with Gasteiger partial charge in [0.05, 0.1) is 4.88 Å². The molecule has 0 saturated heterocycles. The molecular weight excluding hydrogens is 272 g/mol. The molecule has 1 N–H and O–H groups in total. The van der Waals surface area contributed by atoms with Crippen LogP contribution in [0.4, 0.5) is 0 Å². The number of thiazole rings is 1. The summed E-state index contributed by atoms with van der Waals surface area (Å²) in [6.07, 6.45) is 1.87. The van der Waals surface area contributed by atoms with Gasteiger partial charge in [0.25, 0.3) is 0 Å². The van der Waals surface area contributed by atoms with E-state index in [0.717, 1.165) is 21.5 Å². The Kier molecular flexibility index (Phi) is 4.01. The average Bonchev–Trinajstić information content (AvgIpc) is 2.85. The quantitative estimate of drug-likeness (QED) is 0.877. The van der Waals surface area contributed by atoms with Crippen molar-refractivity contribution in [3.8, 4) is 10.7 Å². The van der Waals surface area contributed by atoms with Crippen molar-refractivity contribution in [1.29, 1.82) is 0 Å². The van der Waals surface area contributed by atoms with Crippen LogP contribution in [0, 0.1) is 4.77 Å². The van der Waals surface area contributed by atoms with Gasteiger partial charge in [-0.2, -0.15) is 16.9 Å². The Hall–Kier alpha value is -0.660. The van der Waals surface area contributed by atoms with Crippen molar-refractivity contribution in [2.45, 2.75) is 24.9 Å². The fourth-order valence-corrected chi connectivity index (χ4v) is 3.15. The highest BCUT2D eigenvalue weighted by atomic mass is 32.2. The van der Waals surface area contributed by atoms with Gasteiger partial charge in [0.15, 0.2) is 10.6 Å². The van der Waals surface area contributed by atoms with Gasteiger partial charge in [0.1, 0.15) is 5.01 Å². The van der Waals surface area contributed by atoms with E-state index in [9.17, 15) is 0 Å². The van der Waals surface area contributed by atoms with Gasteiger partial charge < -0.3 is 4.57 Å². The zero-order valence-electron chi connectivity index (χ0n) is 9.93. The smallest absolute Gasteiger partial charge is 0.195 e. The molecule has 2 rings (SSSR count). The minimum Gasteiger partial charge on any atom is -0.303 e. The van der Waals surface area contributed by atoms with Crippen LogP contribution < -0.4 is 0 Å². The summed E-state index contributed by atoms with van der Waals surface area (Å²) >= 11 is 8.66. The standard InChI is InChI=1S/C10H14N4S3/c1-6(2)16-5-8-11-4-7(17-8)9-12-13-10(15)14(9)3/h4,6H,5H2,1-3H3,(H,13,15). The molecule has 2 aromatic rings. The number of hydrogen-bond acceptors (Lipinski definition) is 5. The fourth-order valence-electron chi connectivity index (χ4n) is 1.29. The first-order chi connectivity index (χ1) is 8.08. The van der Waals surface area contributed by atoms with Gasteiger partial charge in [-0.25, -0.2) is 4.98 Å². The van der Waals surface area contributed by atoms with Crippen molar-refractivity contribution < 1.29 is 0 Å². The second-order valence-electron chi connectivity index (χ2n) is 3.89. The molecule has 0 spiro atoms. The summed E-state index contributed by atoms with van der Waals surface area (Å²) in [5.41, 5.74) is 0. The van der Waals surface area contributed by atoms with E-state index in [1.807, 2.05) is 29.6 Å². The highest BCUT2D eigenvalue weighted by Gasteiger charge is 2.10. The second-order valence-corrected chi connectivity index (χ2v) is 6.96. The maximum Gasteiger partial charge on any atom is 0.195 e. The Morgan fingerprint density at radius 2 is 2.35 bits per heavy atom. The molecule has 0 radical (unpaired) electrons. The van der Waals surface area contributed by atoms with Gasteiger partial charge in [-0.1, -0.05) is 13.8 Å². The molecule has 4 nitrogen and oxygen atoms in total. The highest BCUT2D eigenvalue weighted by molar-refractivity contribution is 7.99. The number of H-pyrrole nitrogens is 1. The first-order valence-corrected chi connectivity index (χ1v) is 7.53. The van der Waals surface area contributed by atoms with Crippen LogP contribution in [0.25, 0.3) is 10.7 Å². The first-order valence-electron chi connectivity index (χ1n) is 5.26.